The van der Waals surface area contributed by atoms with Crippen LogP contribution in [-0.2, 0) is 9.59 Å². The summed E-state index contributed by atoms with van der Waals surface area (Å²) >= 11 is 0. The van der Waals surface area contributed by atoms with Crippen LogP contribution >= 0.6 is 0 Å². The number of hydrogen-bond donors (Lipinski definition) is 2. The van der Waals surface area contributed by atoms with Crippen molar-refractivity contribution in [3.05, 3.63) is 29.6 Å². The number of carbonyl (C=O) groups excluding carboxylic acids is 1. The van der Waals surface area contributed by atoms with E-state index in [4.69, 9.17) is 10.4 Å². The fraction of sp³-hybridized carbons (Fsp3) is 0.250. The monoisotopic (exact) mass is 250 g/mol. The molecule has 0 aliphatic carbocycles. The molecule has 1 rings (SSSR count). The van der Waals surface area contributed by atoms with Gasteiger partial charge in [-0.3, -0.25) is 9.59 Å². The summed E-state index contributed by atoms with van der Waals surface area (Å²) in [5.74, 6) is -2.91. The first kappa shape index (κ1) is 13.6. The molecule has 0 saturated carbocycles. The van der Waals surface area contributed by atoms with Crippen molar-refractivity contribution in [3.63, 3.8) is 0 Å². The van der Waals surface area contributed by atoms with Crippen LogP contribution in [-0.4, -0.2) is 17.0 Å². The van der Waals surface area contributed by atoms with Crippen LogP contribution in [0.25, 0.3) is 0 Å². The Morgan fingerprint density at radius 2 is 2.06 bits per heavy atom. The second kappa shape index (κ2) is 4.84. The molecule has 0 unspecified atom stereocenters. The normalized spacial score (nSPS) is 10.6. The second-order valence-electron chi connectivity index (χ2n) is 4.16. The first-order chi connectivity index (χ1) is 8.30. The van der Waals surface area contributed by atoms with Gasteiger partial charge < -0.3 is 10.4 Å². The third-order valence-electron chi connectivity index (χ3n) is 2.48. The largest absolute Gasteiger partial charge is 0.480 e. The van der Waals surface area contributed by atoms with E-state index < -0.39 is 23.1 Å². The van der Waals surface area contributed by atoms with Crippen molar-refractivity contribution in [3.8, 4) is 6.07 Å². The zero-order chi connectivity index (χ0) is 13.9. The van der Waals surface area contributed by atoms with Gasteiger partial charge in [-0.1, -0.05) is 6.07 Å². The average molecular weight is 250 g/mol. The Morgan fingerprint density at radius 3 is 2.56 bits per heavy atom. The summed E-state index contributed by atoms with van der Waals surface area (Å²) in [6.07, 6.45) is 0. The maximum atomic E-state index is 13.3. The van der Waals surface area contributed by atoms with Crippen LogP contribution in [0.3, 0.4) is 0 Å². The number of carboxylic acid groups (broad SMARTS) is 1. The third kappa shape index (κ3) is 2.46. The van der Waals surface area contributed by atoms with Crippen LogP contribution in [0.2, 0.25) is 0 Å². The second-order valence-corrected chi connectivity index (χ2v) is 4.16. The molecular weight excluding hydrogens is 239 g/mol. The van der Waals surface area contributed by atoms with Crippen molar-refractivity contribution in [2.75, 3.05) is 5.32 Å². The highest BCUT2D eigenvalue weighted by molar-refractivity contribution is 6.08. The van der Waals surface area contributed by atoms with E-state index in [1.54, 1.807) is 6.07 Å². The van der Waals surface area contributed by atoms with E-state index in [1.165, 1.54) is 26.0 Å². The zero-order valence-electron chi connectivity index (χ0n) is 9.82. The molecule has 0 aliphatic rings. The van der Waals surface area contributed by atoms with Gasteiger partial charge in [0.25, 0.3) is 0 Å². The van der Waals surface area contributed by atoms with E-state index in [0.29, 0.717) is 0 Å². The predicted octanol–water partition coefficient (Wildman–Crippen LogP) is 1.75. The summed E-state index contributed by atoms with van der Waals surface area (Å²) in [5, 5.41) is 19.9. The Morgan fingerprint density at radius 1 is 1.44 bits per heavy atom. The smallest absolute Gasteiger partial charge is 0.318 e. The molecule has 0 bridgehead atoms. The van der Waals surface area contributed by atoms with Gasteiger partial charge in [-0.05, 0) is 26.0 Å². The molecule has 0 atom stereocenters. The summed E-state index contributed by atoms with van der Waals surface area (Å²) in [7, 11) is 0. The molecule has 2 N–H and O–H groups in total. The lowest BCUT2D eigenvalue weighted by molar-refractivity contribution is -0.151. The fourth-order valence-electron chi connectivity index (χ4n) is 1.12. The number of amides is 1. The van der Waals surface area contributed by atoms with Gasteiger partial charge in [0, 0.05) is 0 Å². The maximum absolute atomic E-state index is 13.3. The summed E-state index contributed by atoms with van der Waals surface area (Å²) in [4.78, 5) is 22.6. The van der Waals surface area contributed by atoms with E-state index in [2.05, 4.69) is 5.32 Å². The highest BCUT2D eigenvalue weighted by atomic mass is 19.1. The minimum atomic E-state index is -1.67. The molecule has 0 heterocycles. The summed E-state index contributed by atoms with van der Waals surface area (Å²) in [6, 6.07) is 5.34. The van der Waals surface area contributed by atoms with Gasteiger partial charge in [-0.25, -0.2) is 4.39 Å². The number of carbonyl (C=O) groups is 2. The van der Waals surface area contributed by atoms with Gasteiger partial charge in [0.1, 0.15) is 22.9 Å². The number of nitriles is 1. The standard InChI is InChI=1S/C12H11FN2O3/c1-12(2,11(17)18)10(16)15-9-5-3-4-8(13)7(9)6-14/h3-5H,1-2H3,(H,15,16)(H,17,18). The number of rotatable bonds is 3. The Bertz CT molecular complexity index is 547. The van der Waals surface area contributed by atoms with Crippen molar-refractivity contribution < 1.29 is 19.1 Å². The Balaban J connectivity index is 3.08. The highest BCUT2D eigenvalue weighted by Crippen LogP contribution is 2.22. The molecule has 0 saturated heterocycles. The van der Waals surface area contributed by atoms with Crippen molar-refractivity contribution in [1.82, 2.24) is 0 Å². The molecule has 5 nitrogen and oxygen atoms in total. The van der Waals surface area contributed by atoms with Gasteiger partial charge in [0.15, 0.2) is 0 Å². The van der Waals surface area contributed by atoms with Crippen molar-refractivity contribution in [2.24, 2.45) is 5.41 Å². The number of aliphatic carboxylic acids is 1. The minimum absolute atomic E-state index is 0.0446. The SMILES string of the molecule is CC(C)(C(=O)O)C(=O)Nc1cccc(F)c1C#N. The van der Waals surface area contributed by atoms with Crippen LogP contribution in [0.15, 0.2) is 18.2 Å². The van der Waals surface area contributed by atoms with Gasteiger partial charge in [-0.2, -0.15) is 5.26 Å². The lowest BCUT2D eigenvalue weighted by atomic mass is 9.92. The Hall–Kier alpha value is -2.42. The zero-order valence-corrected chi connectivity index (χ0v) is 9.82. The third-order valence-corrected chi connectivity index (χ3v) is 2.48. The molecule has 0 radical (unpaired) electrons. The van der Waals surface area contributed by atoms with E-state index >= 15 is 0 Å². The lowest BCUT2D eigenvalue weighted by Crippen LogP contribution is -2.38. The molecule has 0 spiro atoms. The molecule has 0 aromatic heterocycles. The van der Waals surface area contributed by atoms with Crippen molar-refractivity contribution in [1.29, 1.82) is 5.26 Å². The van der Waals surface area contributed by atoms with Gasteiger partial charge in [-0.15, -0.1) is 0 Å². The van der Waals surface area contributed by atoms with Gasteiger partial charge in [0.2, 0.25) is 5.91 Å². The molecular formula is C12H11FN2O3. The lowest BCUT2D eigenvalue weighted by Gasteiger charge is -2.18. The Kier molecular flexibility index (Phi) is 3.67. The minimum Gasteiger partial charge on any atom is -0.480 e. The van der Waals surface area contributed by atoms with Crippen molar-refractivity contribution in [2.45, 2.75) is 13.8 Å². The summed E-state index contributed by atoms with van der Waals surface area (Å²) < 4.78 is 13.3. The van der Waals surface area contributed by atoms with E-state index in [9.17, 15) is 14.0 Å². The topological polar surface area (TPSA) is 90.2 Å². The number of benzene rings is 1. The van der Waals surface area contributed by atoms with Gasteiger partial charge in [0.05, 0.1) is 5.69 Å². The van der Waals surface area contributed by atoms with Crippen LogP contribution in [0, 0.1) is 22.6 Å². The molecule has 0 aliphatic heterocycles. The van der Waals surface area contributed by atoms with E-state index in [-0.39, 0.29) is 11.3 Å². The first-order valence-corrected chi connectivity index (χ1v) is 5.04. The van der Waals surface area contributed by atoms with Gasteiger partial charge >= 0.3 is 5.97 Å². The quantitative estimate of drug-likeness (QED) is 0.799. The number of anilines is 1. The van der Waals surface area contributed by atoms with Crippen LogP contribution < -0.4 is 5.32 Å². The number of hydrogen-bond acceptors (Lipinski definition) is 3. The maximum Gasteiger partial charge on any atom is 0.318 e. The highest BCUT2D eigenvalue weighted by Gasteiger charge is 2.36. The van der Waals surface area contributed by atoms with E-state index in [0.717, 1.165) is 6.07 Å². The average Bonchev–Trinajstić information content (AvgIpc) is 2.29. The molecule has 6 heteroatoms. The predicted molar refractivity (Wildman–Crippen MR) is 61.2 cm³/mol. The van der Waals surface area contributed by atoms with E-state index in [1.807, 2.05) is 0 Å². The number of nitrogens with one attached hydrogen (secondary N) is 1. The number of halogens is 1. The molecule has 1 amide bonds. The number of carboxylic acids is 1. The molecule has 94 valence electrons. The summed E-state index contributed by atoms with van der Waals surface area (Å²) in [6.45, 7) is 2.44. The van der Waals surface area contributed by atoms with Crippen LogP contribution in [0.4, 0.5) is 10.1 Å². The Labute approximate surface area is 103 Å². The molecule has 18 heavy (non-hydrogen) atoms. The molecule has 1 aromatic carbocycles. The van der Waals surface area contributed by atoms with Crippen LogP contribution in [0.5, 0.6) is 0 Å². The first-order valence-electron chi connectivity index (χ1n) is 5.04. The molecule has 1 aromatic rings. The number of nitrogens with zero attached hydrogens (tertiary/aromatic N) is 1. The molecule has 0 fully saturated rings. The summed E-state index contributed by atoms with van der Waals surface area (Å²) in [5.41, 5.74) is -2.04. The van der Waals surface area contributed by atoms with Crippen LogP contribution in [0.1, 0.15) is 19.4 Å². The van der Waals surface area contributed by atoms with Crippen molar-refractivity contribution >= 4 is 17.6 Å². The fourth-order valence-corrected chi connectivity index (χ4v) is 1.12.